The van der Waals surface area contributed by atoms with Gasteiger partial charge in [-0.1, -0.05) is 18.2 Å². The number of ether oxygens (including phenoxy) is 2. The lowest BCUT2D eigenvalue weighted by Gasteiger charge is -2.34. The number of piperazine rings is 1. The summed E-state index contributed by atoms with van der Waals surface area (Å²) in [6, 6.07) is 11.4. The fraction of sp³-hybridized carbons (Fsp3) is 0.286. The van der Waals surface area contributed by atoms with E-state index in [9.17, 15) is 26.4 Å². The van der Waals surface area contributed by atoms with Gasteiger partial charge in [-0.3, -0.25) is 4.79 Å². The number of halogens is 3. The molecule has 11 heteroatoms. The first-order valence-corrected chi connectivity index (χ1v) is 11.2. The standard InChI is InChI=1S/C21H19F3N2O5S/c22-21(23,24)31-17-5-7-18(8-6-17)32(28,29)26-11-9-25(10-12-26)20(27)16-13-15-3-1-2-4-19(15)30-14-16/h1-8,13H,9-12,14H2. The van der Waals surface area contributed by atoms with E-state index in [0.717, 1.165) is 29.8 Å². The molecule has 4 rings (SSSR count). The first-order chi connectivity index (χ1) is 15.1. The number of para-hydroxylation sites is 1. The van der Waals surface area contributed by atoms with Gasteiger partial charge in [-0.15, -0.1) is 13.2 Å². The van der Waals surface area contributed by atoms with Crippen LogP contribution in [0.25, 0.3) is 6.08 Å². The predicted molar refractivity (Wildman–Crippen MR) is 108 cm³/mol. The molecule has 1 amide bonds. The monoisotopic (exact) mass is 468 g/mol. The van der Waals surface area contributed by atoms with E-state index in [4.69, 9.17) is 4.74 Å². The van der Waals surface area contributed by atoms with Crippen LogP contribution in [0.15, 0.2) is 59.0 Å². The minimum absolute atomic E-state index is 0.0690. The van der Waals surface area contributed by atoms with Gasteiger partial charge < -0.3 is 14.4 Å². The van der Waals surface area contributed by atoms with Crippen molar-refractivity contribution in [3.8, 4) is 11.5 Å². The molecule has 2 aromatic rings. The van der Waals surface area contributed by atoms with Crippen molar-refractivity contribution in [2.24, 2.45) is 0 Å². The normalized spacial score (nSPS) is 17.2. The molecule has 0 aromatic heterocycles. The molecule has 2 aliphatic rings. The molecule has 0 radical (unpaired) electrons. The van der Waals surface area contributed by atoms with Gasteiger partial charge in [0, 0.05) is 31.7 Å². The molecule has 0 bridgehead atoms. The second-order valence-corrected chi connectivity index (χ2v) is 9.15. The van der Waals surface area contributed by atoms with Gasteiger partial charge >= 0.3 is 6.36 Å². The number of hydrogen-bond acceptors (Lipinski definition) is 5. The van der Waals surface area contributed by atoms with E-state index in [2.05, 4.69) is 4.74 Å². The van der Waals surface area contributed by atoms with Crippen molar-refractivity contribution in [3.63, 3.8) is 0 Å². The highest BCUT2D eigenvalue weighted by molar-refractivity contribution is 7.89. The summed E-state index contributed by atoms with van der Waals surface area (Å²) >= 11 is 0. The number of alkyl halides is 3. The van der Waals surface area contributed by atoms with Crippen molar-refractivity contribution in [3.05, 3.63) is 59.7 Å². The van der Waals surface area contributed by atoms with Gasteiger partial charge in [0.15, 0.2) is 0 Å². The highest BCUT2D eigenvalue weighted by Crippen LogP contribution is 2.28. The first-order valence-electron chi connectivity index (χ1n) is 9.71. The molecular formula is C21H19F3N2O5S. The molecule has 1 saturated heterocycles. The highest BCUT2D eigenvalue weighted by Gasteiger charge is 2.33. The predicted octanol–water partition coefficient (Wildman–Crippen LogP) is 2.89. The molecule has 0 atom stereocenters. The lowest BCUT2D eigenvalue weighted by atomic mass is 10.1. The van der Waals surface area contributed by atoms with E-state index >= 15 is 0 Å². The Morgan fingerprint density at radius 3 is 2.28 bits per heavy atom. The van der Waals surface area contributed by atoms with Crippen LogP contribution >= 0.6 is 0 Å². The molecule has 32 heavy (non-hydrogen) atoms. The van der Waals surface area contributed by atoms with Crippen LogP contribution < -0.4 is 9.47 Å². The van der Waals surface area contributed by atoms with Crippen molar-refractivity contribution in [1.82, 2.24) is 9.21 Å². The van der Waals surface area contributed by atoms with Crippen LogP contribution in [-0.4, -0.2) is 62.7 Å². The molecule has 2 aromatic carbocycles. The highest BCUT2D eigenvalue weighted by atomic mass is 32.2. The number of benzene rings is 2. The molecule has 0 aliphatic carbocycles. The first kappa shape index (κ1) is 22.2. The zero-order valence-corrected chi connectivity index (χ0v) is 17.5. The number of carbonyl (C=O) groups is 1. The van der Waals surface area contributed by atoms with E-state index in [1.54, 1.807) is 11.0 Å². The van der Waals surface area contributed by atoms with Crippen LogP contribution in [0.1, 0.15) is 5.56 Å². The number of hydrogen-bond donors (Lipinski definition) is 0. The summed E-state index contributed by atoms with van der Waals surface area (Å²) < 4.78 is 73.1. The molecule has 1 fully saturated rings. The van der Waals surface area contributed by atoms with E-state index in [0.29, 0.717) is 11.3 Å². The Balaban J connectivity index is 1.40. The lowest BCUT2D eigenvalue weighted by Crippen LogP contribution is -2.51. The zero-order valence-electron chi connectivity index (χ0n) is 16.7. The van der Waals surface area contributed by atoms with E-state index < -0.39 is 22.1 Å². The van der Waals surface area contributed by atoms with Gasteiger partial charge in [0.1, 0.15) is 18.1 Å². The number of rotatable bonds is 4. The summed E-state index contributed by atoms with van der Waals surface area (Å²) in [6.07, 6.45) is -3.08. The SMILES string of the molecule is O=C(C1=Cc2ccccc2OC1)N1CCN(S(=O)(=O)c2ccc(OC(F)(F)F)cc2)CC1. The van der Waals surface area contributed by atoms with Crippen LogP contribution in [-0.2, 0) is 14.8 Å². The zero-order chi connectivity index (χ0) is 22.9. The quantitative estimate of drug-likeness (QED) is 0.690. The largest absolute Gasteiger partial charge is 0.573 e. The molecule has 0 saturated carbocycles. The number of sulfonamides is 1. The Kier molecular flexibility index (Phi) is 5.87. The summed E-state index contributed by atoms with van der Waals surface area (Å²) in [4.78, 5) is 14.3. The molecule has 7 nitrogen and oxygen atoms in total. The second kappa shape index (κ2) is 8.47. The van der Waals surface area contributed by atoms with Crippen LogP contribution in [0.3, 0.4) is 0 Å². The van der Waals surface area contributed by atoms with E-state index in [-0.39, 0.29) is 43.6 Å². The van der Waals surface area contributed by atoms with Gasteiger partial charge in [-0.25, -0.2) is 8.42 Å². The van der Waals surface area contributed by atoms with Crippen molar-refractivity contribution in [1.29, 1.82) is 0 Å². The summed E-state index contributed by atoms with van der Waals surface area (Å²) in [7, 11) is -3.92. The maximum atomic E-state index is 12.8. The number of nitrogens with zero attached hydrogens (tertiary/aromatic N) is 2. The molecule has 0 unspecified atom stereocenters. The molecule has 2 aliphatic heterocycles. The van der Waals surface area contributed by atoms with E-state index in [1.165, 1.54) is 4.31 Å². The Labute approximate surface area is 182 Å². The van der Waals surface area contributed by atoms with Crippen LogP contribution in [0.2, 0.25) is 0 Å². The Hall–Kier alpha value is -3.05. The van der Waals surface area contributed by atoms with Crippen LogP contribution in [0, 0.1) is 0 Å². The molecule has 0 N–H and O–H groups in total. The third kappa shape index (κ3) is 4.73. The van der Waals surface area contributed by atoms with Gasteiger partial charge in [-0.05, 0) is 36.4 Å². The average molecular weight is 468 g/mol. The van der Waals surface area contributed by atoms with Gasteiger partial charge in [0.25, 0.3) is 5.91 Å². The Bertz CT molecular complexity index is 1140. The Morgan fingerprint density at radius 2 is 1.62 bits per heavy atom. The molecule has 170 valence electrons. The fourth-order valence-electron chi connectivity index (χ4n) is 3.54. The lowest BCUT2D eigenvalue weighted by molar-refractivity contribution is -0.274. The maximum Gasteiger partial charge on any atom is 0.573 e. The Morgan fingerprint density at radius 1 is 0.969 bits per heavy atom. The second-order valence-electron chi connectivity index (χ2n) is 7.21. The number of fused-ring (bicyclic) bond motifs is 1. The van der Waals surface area contributed by atoms with Crippen molar-refractivity contribution >= 4 is 22.0 Å². The third-order valence-electron chi connectivity index (χ3n) is 5.13. The minimum Gasteiger partial charge on any atom is -0.488 e. The van der Waals surface area contributed by atoms with Crippen molar-refractivity contribution in [2.45, 2.75) is 11.3 Å². The number of carbonyl (C=O) groups excluding carboxylic acids is 1. The maximum absolute atomic E-state index is 12.8. The van der Waals surface area contributed by atoms with Gasteiger partial charge in [0.2, 0.25) is 10.0 Å². The number of amides is 1. The van der Waals surface area contributed by atoms with Gasteiger partial charge in [-0.2, -0.15) is 4.31 Å². The van der Waals surface area contributed by atoms with E-state index in [1.807, 2.05) is 24.3 Å². The summed E-state index contributed by atoms with van der Waals surface area (Å²) in [5.41, 5.74) is 1.29. The average Bonchev–Trinajstić information content (AvgIpc) is 2.77. The molecule has 0 spiro atoms. The van der Waals surface area contributed by atoms with Crippen LogP contribution in [0.4, 0.5) is 13.2 Å². The van der Waals surface area contributed by atoms with Gasteiger partial charge in [0.05, 0.1) is 10.5 Å². The summed E-state index contributed by atoms with van der Waals surface area (Å²) in [5, 5.41) is 0. The summed E-state index contributed by atoms with van der Waals surface area (Å²) in [6.45, 7) is 0.651. The smallest absolute Gasteiger partial charge is 0.488 e. The third-order valence-corrected chi connectivity index (χ3v) is 7.04. The van der Waals surface area contributed by atoms with Crippen molar-refractivity contribution < 1.29 is 35.9 Å². The molecular weight excluding hydrogens is 449 g/mol. The van der Waals surface area contributed by atoms with Crippen LogP contribution in [0.5, 0.6) is 11.5 Å². The van der Waals surface area contributed by atoms with Crippen molar-refractivity contribution in [2.75, 3.05) is 32.8 Å². The molecule has 2 heterocycles. The topological polar surface area (TPSA) is 76.2 Å². The summed E-state index contributed by atoms with van der Waals surface area (Å²) in [5.74, 6) is -0.0202. The fourth-order valence-corrected chi connectivity index (χ4v) is 4.96. The minimum atomic E-state index is -4.86.